The van der Waals surface area contributed by atoms with Crippen molar-refractivity contribution in [2.75, 3.05) is 13.2 Å². The molecule has 2 rings (SSSR count). The van der Waals surface area contributed by atoms with Gasteiger partial charge in [-0.05, 0) is 17.7 Å². The van der Waals surface area contributed by atoms with Gasteiger partial charge in [-0.15, -0.1) is 0 Å². The van der Waals surface area contributed by atoms with E-state index in [0.717, 1.165) is 5.56 Å². The van der Waals surface area contributed by atoms with Crippen molar-refractivity contribution in [3.63, 3.8) is 0 Å². The van der Waals surface area contributed by atoms with E-state index in [-0.39, 0.29) is 5.82 Å². The second-order valence-electron chi connectivity index (χ2n) is 4.51. The molecule has 0 radical (unpaired) electrons. The lowest BCUT2D eigenvalue weighted by atomic mass is 10.1. The van der Waals surface area contributed by atoms with Gasteiger partial charge in [0, 0.05) is 12.6 Å². The van der Waals surface area contributed by atoms with E-state index in [1.807, 2.05) is 30.3 Å². The first-order valence-corrected chi connectivity index (χ1v) is 6.63. The van der Waals surface area contributed by atoms with Crippen LogP contribution in [-0.4, -0.2) is 19.1 Å². The van der Waals surface area contributed by atoms with Crippen molar-refractivity contribution in [3.8, 4) is 5.75 Å². The molecule has 0 unspecified atom stereocenters. The molecule has 0 aliphatic carbocycles. The zero-order valence-corrected chi connectivity index (χ0v) is 11.5. The SMILES string of the molecule is NC(=O)[C@H](NCCOc1cccc(F)c1)c1ccccc1. The number of nitrogens with one attached hydrogen (secondary N) is 1. The van der Waals surface area contributed by atoms with E-state index in [0.29, 0.717) is 18.9 Å². The van der Waals surface area contributed by atoms with Crippen LogP contribution in [-0.2, 0) is 4.79 Å². The number of hydrogen-bond acceptors (Lipinski definition) is 3. The van der Waals surface area contributed by atoms with Crippen LogP contribution >= 0.6 is 0 Å². The molecule has 110 valence electrons. The average molecular weight is 288 g/mol. The molecular formula is C16H17FN2O2. The maximum Gasteiger partial charge on any atom is 0.239 e. The molecule has 21 heavy (non-hydrogen) atoms. The van der Waals surface area contributed by atoms with E-state index in [2.05, 4.69) is 5.32 Å². The van der Waals surface area contributed by atoms with E-state index in [4.69, 9.17) is 10.5 Å². The summed E-state index contributed by atoms with van der Waals surface area (Å²) in [5, 5.41) is 3.03. The molecule has 5 heteroatoms. The van der Waals surface area contributed by atoms with Crippen molar-refractivity contribution in [1.82, 2.24) is 5.32 Å². The number of amides is 1. The lowest BCUT2D eigenvalue weighted by Crippen LogP contribution is -2.35. The van der Waals surface area contributed by atoms with Gasteiger partial charge in [0.2, 0.25) is 5.91 Å². The molecule has 0 aliphatic heterocycles. The molecule has 1 atom stereocenters. The van der Waals surface area contributed by atoms with Gasteiger partial charge in [0.1, 0.15) is 24.2 Å². The first-order valence-electron chi connectivity index (χ1n) is 6.63. The predicted molar refractivity (Wildman–Crippen MR) is 78.3 cm³/mol. The van der Waals surface area contributed by atoms with Crippen molar-refractivity contribution in [3.05, 3.63) is 66.0 Å². The Hall–Kier alpha value is -2.40. The van der Waals surface area contributed by atoms with Crippen LogP contribution in [0, 0.1) is 5.82 Å². The molecule has 0 fully saturated rings. The summed E-state index contributed by atoms with van der Waals surface area (Å²) < 4.78 is 18.4. The topological polar surface area (TPSA) is 64.4 Å². The quantitative estimate of drug-likeness (QED) is 0.766. The number of ether oxygens (including phenoxy) is 1. The predicted octanol–water partition coefficient (Wildman–Crippen LogP) is 2.02. The first-order chi connectivity index (χ1) is 10.2. The lowest BCUT2D eigenvalue weighted by Gasteiger charge is -2.16. The fraction of sp³-hybridized carbons (Fsp3) is 0.188. The summed E-state index contributed by atoms with van der Waals surface area (Å²) in [7, 11) is 0. The standard InChI is InChI=1S/C16H17FN2O2/c17-13-7-4-8-14(11-13)21-10-9-19-15(16(18)20)12-5-2-1-3-6-12/h1-8,11,15,19H,9-10H2,(H2,18,20)/t15-/m1/s1. The second kappa shape index (κ2) is 7.40. The largest absolute Gasteiger partial charge is 0.492 e. The number of carbonyl (C=O) groups is 1. The minimum atomic E-state index is -0.567. The van der Waals surface area contributed by atoms with Crippen LogP contribution in [0.5, 0.6) is 5.75 Å². The molecule has 3 N–H and O–H groups in total. The van der Waals surface area contributed by atoms with E-state index >= 15 is 0 Å². The highest BCUT2D eigenvalue weighted by Gasteiger charge is 2.16. The summed E-state index contributed by atoms with van der Waals surface area (Å²) in [6.45, 7) is 0.721. The number of halogens is 1. The van der Waals surface area contributed by atoms with Gasteiger partial charge in [-0.1, -0.05) is 36.4 Å². The lowest BCUT2D eigenvalue weighted by molar-refractivity contribution is -0.120. The molecule has 2 aromatic rings. The van der Waals surface area contributed by atoms with Gasteiger partial charge in [-0.25, -0.2) is 4.39 Å². The van der Waals surface area contributed by atoms with Crippen LogP contribution in [0.4, 0.5) is 4.39 Å². The maximum absolute atomic E-state index is 13.0. The van der Waals surface area contributed by atoms with Crippen LogP contribution in [0.25, 0.3) is 0 Å². The van der Waals surface area contributed by atoms with Crippen molar-refractivity contribution < 1.29 is 13.9 Å². The van der Waals surface area contributed by atoms with Crippen molar-refractivity contribution >= 4 is 5.91 Å². The number of primary amides is 1. The maximum atomic E-state index is 13.0. The molecule has 0 spiro atoms. The summed E-state index contributed by atoms with van der Waals surface area (Å²) in [5.41, 5.74) is 6.19. The third kappa shape index (κ3) is 4.57. The Bertz CT molecular complexity index is 590. The highest BCUT2D eigenvalue weighted by atomic mass is 19.1. The highest BCUT2D eigenvalue weighted by molar-refractivity contribution is 5.81. The fourth-order valence-corrected chi connectivity index (χ4v) is 1.96. The summed E-state index contributed by atoms with van der Waals surface area (Å²) in [4.78, 5) is 11.5. The Morgan fingerprint density at radius 2 is 1.95 bits per heavy atom. The number of carbonyl (C=O) groups excluding carboxylic acids is 1. The van der Waals surface area contributed by atoms with Gasteiger partial charge in [-0.3, -0.25) is 10.1 Å². The number of hydrogen-bond donors (Lipinski definition) is 2. The molecule has 0 aliphatic rings. The van der Waals surface area contributed by atoms with E-state index in [1.54, 1.807) is 12.1 Å². The smallest absolute Gasteiger partial charge is 0.239 e. The summed E-state index contributed by atoms with van der Waals surface area (Å²) in [6, 6.07) is 14.6. The zero-order chi connectivity index (χ0) is 15.1. The zero-order valence-electron chi connectivity index (χ0n) is 11.5. The van der Waals surface area contributed by atoms with Gasteiger partial charge < -0.3 is 10.5 Å². The molecule has 1 amide bonds. The molecule has 0 aromatic heterocycles. The molecule has 0 heterocycles. The number of nitrogens with two attached hydrogens (primary N) is 1. The van der Waals surface area contributed by atoms with E-state index in [9.17, 15) is 9.18 Å². The Morgan fingerprint density at radius 1 is 1.19 bits per heavy atom. The molecule has 2 aromatic carbocycles. The monoisotopic (exact) mass is 288 g/mol. The molecule has 0 saturated heterocycles. The van der Waals surface area contributed by atoms with Gasteiger partial charge in [-0.2, -0.15) is 0 Å². The minimum absolute atomic E-state index is 0.306. The van der Waals surface area contributed by atoms with E-state index < -0.39 is 11.9 Å². The summed E-state index contributed by atoms with van der Waals surface area (Å²) in [6.07, 6.45) is 0. The van der Waals surface area contributed by atoms with Gasteiger partial charge in [0.05, 0.1) is 0 Å². The summed E-state index contributed by atoms with van der Waals surface area (Å²) in [5.74, 6) is -0.348. The van der Waals surface area contributed by atoms with Gasteiger partial charge >= 0.3 is 0 Å². The molecule has 0 saturated carbocycles. The van der Waals surface area contributed by atoms with Crippen molar-refractivity contribution in [2.45, 2.75) is 6.04 Å². The second-order valence-corrected chi connectivity index (χ2v) is 4.51. The fourth-order valence-electron chi connectivity index (χ4n) is 1.96. The summed E-state index contributed by atoms with van der Waals surface area (Å²) >= 11 is 0. The molecular weight excluding hydrogens is 271 g/mol. The number of rotatable bonds is 7. The first kappa shape index (κ1) is 15.0. The van der Waals surface area contributed by atoms with Crippen LogP contribution in [0.2, 0.25) is 0 Å². The van der Waals surface area contributed by atoms with Crippen LogP contribution in [0.15, 0.2) is 54.6 Å². The normalized spacial score (nSPS) is 11.9. The van der Waals surface area contributed by atoms with Crippen LogP contribution in [0.3, 0.4) is 0 Å². The van der Waals surface area contributed by atoms with Gasteiger partial charge in [0.15, 0.2) is 0 Å². The average Bonchev–Trinajstić information content (AvgIpc) is 2.48. The van der Waals surface area contributed by atoms with Gasteiger partial charge in [0.25, 0.3) is 0 Å². The number of benzene rings is 2. The van der Waals surface area contributed by atoms with Crippen LogP contribution in [0.1, 0.15) is 11.6 Å². The van der Waals surface area contributed by atoms with Crippen LogP contribution < -0.4 is 15.8 Å². The minimum Gasteiger partial charge on any atom is -0.492 e. The highest BCUT2D eigenvalue weighted by Crippen LogP contribution is 2.13. The third-order valence-electron chi connectivity index (χ3n) is 2.93. The Balaban J connectivity index is 1.85. The molecule has 4 nitrogen and oxygen atoms in total. The third-order valence-corrected chi connectivity index (χ3v) is 2.93. The Morgan fingerprint density at radius 3 is 2.62 bits per heavy atom. The Labute approximate surface area is 122 Å². The van der Waals surface area contributed by atoms with E-state index in [1.165, 1.54) is 12.1 Å². The Kier molecular flexibility index (Phi) is 5.29. The van der Waals surface area contributed by atoms with Crippen molar-refractivity contribution in [2.24, 2.45) is 5.73 Å². The molecule has 0 bridgehead atoms. The van der Waals surface area contributed by atoms with Crippen molar-refractivity contribution in [1.29, 1.82) is 0 Å².